The van der Waals surface area contributed by atoms with Crippen molar-refractivity contribution in [3.05, 3.63) is 70.8 Å². The molecule has 1 N–H and O–H groups in total. The predicted molar refractivity (Wildman–Crippen MR) is 96.7 cm³/mol. The van der Waals surface area contributed by atoms with E-state index in [4.69, 9.17) is 4.74 Å². The number of carbonyl (C=O) groups excluding carboxylic acids is 1. The number of ether oxygens (including phenoxy) is 1. The monoisotopic (exact) mass is 326 g/mol. The molecule has 0 unspecified atom stereocenters. The molecule has 0 spiro atoms. The number of urea groups is 1. The van der Waals surface area contributed by atoms with Crippen molar-refractivity contribution in [1.29, 1.82) is 0 Å². The Hall–Kier alpha value is -2.33. The first-order chi connectivity index (χ1) is 11.6. The number of amides is 2. The summed E-state index contributed by atoms with van der Waals surface area (Å²) in [4.78, 5) is 14.0. The van der Waals surface area contributed by atoms with Crippen LogP contribution >= 0.6 is 0 Å². The molecule has 2 rings (SSSR count). The van der Waals surface area contributed by atoms with Gasteiger partial charge >= 0.3 is 6.03 Å². The molecule has 2 amide bonds. The molecule has 0 aromatic heterocycles. The number of carbonyl (C=O) groups is 1. The minimum Gasteiger partial charge on any atom is -0.380 e. The third kappa shape index (κ3) is 5.10. The first-order valence-electron chi connectivity index (χ1n) is 8.26. The Bertz CT molecular complexity index is 653. The van der Waals surface area contributed by atoms with Crippen molar-refractivity contribution in [3.8, 4) is 0 Å². The lowest BCUT2D eigenvalue weighted by Crippen LogP contribution is -2.36. The van der Waals surface area contributed by atoms with Gasteiger partial charge in [-0.1, -0.05) is 55.5 Å². The zero-order chi connectivity index (χ0) is 17.4. The Morgan fingerprint density at radius 2 is 1.67 bits per heavy atom. The molecule has 0 radical (unpaired) electrons. The smallest absolute Gasteiger partial charge is 0.317 e. The quantitative estimate of drug-likeness (QED) is 0.842. The molecule has 0 aliphatic rings. The van der Waals surface area contributed by atoms with Crippen LogP contribution in [0.15, 0.2) is 48.5 Å². The van der Waals surface area contributed by atoms with E-state index in [0.717, 1.165) is 23.1 Å². The van der Waals surface area contributed by atoms with Gasteiger partial charge in [0.25, 0.3) is 0 Å². The van der Waals surface area contributed by atoms with Gasteiger partial charge in [-0.2, -0.15) is 0 Å². The summed E-state index contributed by atoms with van der Waals surface area (Å²) in [6.45, 7) is 3.77. The summed E-state index contributed by atoms with van der Waals surface area (Å²) >= 11 is 0. The number of hydrogen-bond acceptors (Lipinski definition) is 2. The number of hydrogen-bond donors (Lipinski definition) is 1. The largest absolute Gasteiger partial charge is 0.380 e. The number of aryl methyl sites for hydroxylation is 1. The zero-order valence-corrected chi connectivity index (χ0v) is 14.7. The fourth-order valence-corrected chi connectivity index (χ4v) is 2.56. The van der Waals surface area contributed by atoms with Crippen molar-refractivity contribution < 1.29 is 9.53 Å². The van der Waals surface area contributed by atoms with Gasteiger partial charge in [-0.15, -0.1) is 0 Å². The van der Waals surface area contributed by atoms with Crippen LogP contribution in [0.25, 0.3) is 0 Å². The first kappa shape index (κ1) is 18.0. The second-order valence-electron chi connectivity index (χ2n) is 5.89. The summed E-state index contributed by atoms with van der Waals surface area (Å²) in [5, 5.41) is 2.97. The van der Waals surface area contributed by atoms with E-state index in [1.165, 1.54) is 5.56 Å². The van der Waals surface area contributed by atoms with Crippen LogP contribution in [0, 0.1) is 0 Å². The third-order valence-corrected chi connectivity index (χ3v) is 4.05. The molecule has 24 heavy (non-hydrogen) atoms. The molecule has 0 saturated carbocycles. The lowest BCUT2D eigenvalue weighted by atomic mass is 10.1. The number of rotatable bonds is 7. The normalized spacial score (nSPS) is 10.5. The van der Waals surface area contributed by atoms with Gasteiger partial charge in [0.2, 0.25) is 0 Å². The molecule has 0 aliphatic heterocycles. The van der Waals surface area contributed by atoms with E-state index in [0.29, 0.717) is 19.7 Å². The van der Waals surface area contributed by atoms with Crippen LogP contribution in [0.3, 0.4) is 0 Å². The number of methoxy groups -OCH3 is 1. The predicted octanol–water partition coefficient (Wildman–Crippen LogP) is 3.74. The van der Waals surface area contributed by atoms with E-state index < -0.39 is 0 Å². The molecule has 128 valence electrons. The molecule has 0 bridgehead atoms. The highest BCUT2D eigenvalue weighted by atomic mass is 16.5. The van der Waals surface area contributed by atoms with E-state index >= 15 is 0 Å². The van der Waals surface area contributed by atoms with Crippen molar-refractivity contribution >= 4 is 6.03 Å². The average molecular weight is 326 g/mol. The summed E-state index contributed by atoms with van der Waals surface area (Å²) in [5.74, 6) is 0. The van der Waals surface area contributed by atoms with E-state index in [-0.39, 0.29) is 6.03 Å². The molecular weight excluding hydrogens is 300 g/mol. The maximum Gasteiger partial charge on any atom is 0.317 e. The Labute approximate surface area is 144 Å². The van der Waals surface area contributed by atoms with E-state index in [2.05, 4.69) is 36.5 Å². The zero-order valence-electron chi connectivity index (χ0n) is 14.7. The minimum atomic E-state index is -0.0817. The topological polar surface area (TPSA) is 41.6 Å². The van der Waals surface area contributed by atoms with Crippen LogP contribution in [0.1, 0.15) is 29.2 Å². The van der Waals surface area contributed by atoms with E-state index in [1.54, 1.807) is 12.0 Å². The second-order valence-corrected chi connectivity index (χ2v) is 5.89. The molecule has 2 aromatic rings. The fourth-order valence-electron chi connectivity index (χ4n) is 2.56. The van der Waals surface area contributed by atoms with Crippen molar-refractivity contribution in [2.45, 2.75) is 33.0 Å². The van der Waals surface area contributed by atoms with Crippen molar-refractivity contribution in [2.75, 3.05) is 14.2 Å². The summed E-state index contributed by atoms with van der Waals surface area (Å²) < 4.78 is 5.20. The second kappa shape index (κ2) is 9.08. The van der Waals surface area contributed by atoms with Gasteiger partial charge in [0.15, 0.2) is 0 Å². The minimum absolute atomic E-state index is 0.0817. The van der Waals surface area contributed by atoms with Crippen LogP contribution in [-0.4, -0.2) is 25.1 Å². The molecule has 0 aliphatic carbocycles. The summed E-state index contributed by atoms with van der Waals surface area (Å²) in [7, 11) is 3.48. The van der Waals surface area contributed by atoms with Crippen LogP contribution < -0.4 is 5.32 Å². The van der Waals surface area contributed by atoms with Gasteiger partial charge in [-0.3, -0.25) is 0 Å². The maximum atomic E-state index is 12.3. The number of nitrogens with zero attached hydrogens (tertiary/aromatic N) is 1. The van der Waals surface area contributed by atoms with Crippen LogP contribution in [0.5, 0.6) is 0 Å². The fraction of sp³-hybridized carbons (Fsp3) is 0.350. The average Bonchev–Trinajstić information content (AvgIpc) is 2.61. The van der Waals surface area contributed by atoms with Gasteiger partial charge in [0.1, 0.15) is 0 Å². The standard InChI is InChI=1S/C20H26N2O2/c1-4-16-9-11-17(12-10-16)14-22(2)20(23)21-13-18-7-5-6-8-19(18)15-24-3/h5-12H,4,13-15H2,1-3H3,(H,21,23). The third-order valence-electron chi connectivity index (χ3n) is 4.05. The van der Waals surface area contributed by atoms with Crippen molar-refractivity contribution in [2.24, 2.45) is 0 Å². The van der Waals surface area contributed by atoms with Crippen molar-refractivity contribution in [3.63, 3.8) is 0 Å². The molecule has 4 heteroatoms. The lowest BCUT2D eigenvalue weighted by molar-refractivity contribution is 0.183. The van der Waals surface area contributed by atoms with Crippen LogP contribution in [0.4, 0.5) is 4.79 Å². The maximum absolute atomic E-state index is 12.3. The summed E-state index contributed by atoms with van der Waals surface area (Å²) in [6, 6.07) is 16.3. The number of nitrogens with one attached hydrogen (secondary N) is 1. The van der Waals surface area contributed by atoms with Gasteiger partial charge in [-0.05, 0) is 28.7 Å². The van der Waals surface area contributed by atoms with Gasteiger partial charge in [0, 0.05) is 27.2 Å². The lowest BCUT2D eigenvalue weighted by Gasteiger charge is -2.19. The van der Waals surface area contributed by atoms with Crippen LogP contribution in [-0.2, 0) is 30.9 Å². The summed E-state index contributed by atoms with van der Waals surface area (Å²) in [6.07, 6.45) is 1.03. The van der Waals surface area contributed by atoms with Gasteiger partial charge < -0.3 is 15.0 Å². The summed E-state index contributed by atoms with van der Waals surface area (Å²) in [5.41, 5.74) is 4.61. The highest BCUT2D eigenvalue weighted by molar-refractivity contribution is 5.73. The Balaban J connectivity index is 1.89. The molecular formula is C20H26N2O2. The Morgan fingerprint density at radius 3 is 2.29 bits per heavy atom. The molecule has 0 fully saturated rings. The van der Waals surface area contributed by atoms with E-state index in [1.807, 2.05) is 31.3 Å². The molecule has 0 atom stereocenters. The first-order valence-corrected chi connectivity index (χ1v) is 8.26. The van der Waals surface area contributed by atoms with Crippen LogP contribution in [0.2, 0.25) is 0 Å². The highest BCUT2D eigenvalue weighted by Crippen LogP contribution is 2.10. The molecule has 0 saturated heterocycles. The Kier molecular flexibility index (Phi) is 6.82. The molecule has 2 aromatic carbocycles. The SMILES string of the molecule is CCc1ccc(CN(C)C(=O)NCc2ccccc2COC)cc1. The number of benzene rings is 2. The van der Waals surface area contributed by atoms with Crippen molar-refractivity contribution in [1.82, 2.24) is 10.2 Å². The van der Waals surface area contributed by atoms with E-state index in [9.17, 15) is 4.79 Å². The van der Waals surface area contributed by atoms with Gasteiger partial charge in [-0.25, -0.2) is 4.79 Å². The Morgan fingerprint density at radius 1 is 1.04 bits per heavy atom. The molecule has 4 nitrogen and oxygen atoms in total. The highest BCUT2D eigenvalue weighted by Gasteiger charge is 2.10. The van der Waals surface area contributed by atoms with Gasteiger partial charge in [0.05, 0.1) is 6.61 Å². The molecule has 0 heterocycles.